The van der Waals surface area contributed by atoms with Gasteiger partial charge in [-0.2, -0.15) is 5.26 Å². The van der Waals surface area contributed by atoms with Gasteiger partial charge in [0, 0.05) is 29.8 Å². The second-order valence-electron chi connectivity index (χ2n) is 8.50. The number of ether oxygens (including phenoxy) is 1. The Labute approximate surface area is 196 Å². The van der Waals surface area contributed by atoms with E-state index in [4.69, 9.17) is 4.74 Å². The van der Waals surface area contributed by atoms with Crippen molar-refractivity contribution in [2.45, 2.75) is 12.2 Å². The van der Waals surface area contributed by atoms with Crippen molar-refractivity contribution in [1.29, 1.82) is 5.26 Å². The summed E-state index contributed by atoms with van der Waals surface area (Å²) in [5, 5.41) is 24.1. The number of hydrogen-bond acceptors (Lipinski definition) is 5. The number of aromatic nitrogens is 3. The quantitative estimate of drug-likeness (QED) is 0.406. The van der Waals surface area contributed by atoms with Crippen LogP contribution in [0.4, 0.5) is 0 Å². The first-order valence-electron chi connectivity index (χ1n) is 10.9. The molecule has 1 unspecified atom stereocenters. The minimum absolute atomic E-state index is 0.191. The molecule has 1 atom stereocenters. The third-order valence-corrected chi connectivity index (χ3v) is 6.52. The zero-order chi connectivity index (χ0) is 23.3. The molecule has 5 aromatic rings. The predicted molar refractivity (Wildman–Crippen MR) is 128 cm³/mol. The molecule has 0 amide bonds. The van der Waals surface area contributed by atoms with Crippen molar-refractivity contribution in [1.82, 2.24) is 14.5 Å². The molecule has 0 spiro atoms. The van der Waals surface area contributed by atoms with E-state index >= 15 is 0 Å². The van der Waals surface area contributed by atoms with Gasteiger partial charge in [0.25, 0.3) is 0 Å². The van der Waals surface area contributed by atoms with Gasteiger partial charge >= 0.3 is 0 Å². The van der Waals surface area contributed by atoms with Crippen LogP contribution in [-0.2, 0) is 19.3 Å². The molecule has 0 aliphatic carbocycles. The summed E-state index contributed by atoms with van der Waals surface area (Å²) in [6.07, 6.45) is 5.13. The van der Waals surface area contributed by atoms with Crippen LogP contribution < -0.4 is 4.74 Å². The summed E-state index contributed by atoms with van der Waals surface area (Å²) in [5.74, 6) is 0.683. The largest absolute Gasteiger partial charge is 0.489 e. The maximum absolute atomic E-state index is 12.4. The lowest BCUT2D eigenvalue weighted by Crippen LogP contribution is -2.31. The van der Waals surface area contributed by atoms with Crippen LogP contribution in [0.15, 0.2) is 85.5 Å². The highest BCUT2D eigenvalue weighted by molar-refractivity contribution is 5.95. The maximum Gasteiger partial charge on any atom is 0.156 e. The molecule has 6 rings (SSSR count). The summed E-state index contributed by atoms with van der Waals surface area (Å²) >= 11 is 0. The molecule has 2 aromatic heterocycles. The van der Waals surface area contributed by atoms with E-state index in [-0.39, 0.29) is 6.61 Å². The van der Waals surface area contributed by atoms with Gasteiger partial charge in [-0.25, -0.2) is 4.98 Å². The highest BCUT2D eigenvalue weighted by atomic mass is 16.5. The fourth-order valence-electron chi connectivity index (χ4n) is 4.73. The van der Waals surface area contributed by atoms with E-state index in [1.165, 1.54) is 0 Å². The smallest absolute Gasteiger partial charge is 0.156 e. The van der Waals surface area contributed by atoms with Crippen LogP contribution in [0.5, 0.6) is 5.75 Å². The third kappa shape index (κ3) is 2.99. The van der Waals surface area contributed by atoms with Crippen LogP contribution in [0, 0.1) is 11.3 Å². The molecule has 6 nitrogen and oxygen atoms in total. The zero-order valence-corrected chi connectivity index (χ0v) is 18.4. The van der Waals surface area contributed by atoms with Crippen LogP contribution in [0.2, 0.25) is 0 Å². The standard InChI is InChI=1S/C28H20N4O2/c1-32-17-30-15-26(32)28(33)22-8-6-20(14-29)21(11-22)16-34-24-4-2-3-19(12-24)27-25-13-23(28)7-5-18(25)9-10-31-27/h2-13,15,17,33H,16H2,1H3. The number of aliphatic hydroxyl groups is 1. The molecule has 1 aliphatic heterocycles. The zero-order valence-electron chi connectivity index (χ0n) is 18.4. The van der Waals surface area contributed by atoms with Crippen molar-refractivity contribution in [2.24, 2.45) is 7.05 Å². The maximum atomic E-state index is 12.4. The minimum Gasteiger partial charge on any atom is -0.489 e. The number of imidazole rings is 1. The monoisotopic (exact) mass is 444 g/mol. The molecule has 3 aromatic carbocycles. The molecule has 0 saturated heterocycles. The Balaban J connectivity index is 1.73. The molecule has 6 bridgehead atoms. The molecule has 1 aliphatic rings. The summed E-state index contributed by atoms with van der Waals surface area (Å²) in [5.41, 5.74) is 3.33. The van der Waals surface area contributed by atoms with Gasteiger partial charge in [-0.1, -0.05) is 30.3 Å². The highest BCUT2D eigenvalue weighted by Crippen LogP contribution is 2.40. The van der Waals surface area contributed by atoms with Gasteiger partial charge in [0.1, 0.15) is 12.4 Å². The van der Waals surface area contributed by atoms with Gasteiger partial charge in [-0.3, -0.25) is 4.98 Å². The molecule has 6 heteroatoms. The summed E-state index contributed by atoms with van der Waals surface area (Å²) in [6, 6.07) is 23.3. The van der Waals surface area contributed by atoms with Crippen molar-refractivity contribution < 1.29 is 9.84 Å². The molecule has 164 valence electrons. The Kier molecular flexibility index (Phi) is 4.47. The molecule has 34 heavy (non-hydrogen) atoms. The van der Waals surface area contributed by atoms with Gasteiger partial charge in [-0.15, -0.1) is 0 Å². The average molecular weight is 444 g/mol. The predicted octanol–water partition coefficient (Wildman–Crippen LogP) is 4.68. The molecular weight excluding hydrogens is 424 g/mol. The molecule has 0 fully saturated rings. The van der Waals surface area contributed by atoms with Gasteiger partial charge in [-0.05, 0) is 52.9 Å². The van der Waals surface area contributed by atoms with Gasteiger partial charge < -0.3 is 14.4 Å². The average Bonchev–Trinajstić information content (AvgIpc) is 3.32. The van der Waals surface area contributed by atoms with Crippen molar-refractivity contribution in [3.05, 3.63) is 113 Å². The molecular formula is C28H20N4O2. The van der Waals surface area contributed by atoms with Gasteiger partial charge in [0.15, 0.2) is 5.60 Å². The Morgan fingerprint density at radius 3 is 2.74 bits per heavy atom. The number of hydrogen-bond donors (Lipinski definition) is 1. The van der Waals surface area contributed by atoms with E-state index in [1.807, 2.05) is 66.2 Å². The molecule has 3 heterocycles. The van der Waals surface area contributed by atoms with E-state index in [2.05, 4.69) is 16.0 Å². The van der Waals surface area contributed by atoms with Gasteiger partial charge in [0.2, 0.25) is 0 Å². The first-order valence-corrected chi connectivity index (χ1v) is 10.9. The topological polar surface area (TPSA) is 84.0 Å². The van der Waals surface area contributed by atoms with E-state index in [0.717, 1.165) is 22.0 Å². The Bertz CT molecular complexity index is 1610. The van der Waals surface area contributed by atoms with Crippen LogP contribution in [0.1, 0.15) is 27.9 Å². The van der Waals surface area contributed by atoms with Crippen molar-refractivity contribution in [3.8, 4) is 23.1 Å². The van der Waals surface area contributed by atoms with E-state index in [0.29, 0.717) is 33.7 Å². The number of nitriles is 1. The number of pyridine rings is 1. The van der Waals surface area contributed by atoms with Gasteiger partial charge in [0.05, 0.1) is 35.5 Å². The van der Waals surface area contributed by atoms with E-state index in [9.17, 15) is 10.4 Å². The van der Waals surface area contributed by atoms with Crippen LogP contribution in [0.25, 0.3) is 22.0 Å². The number of benzene rings is 3. The Hall–Kier alpha value is -4.47. The second kappa shape index (κ2) is 7.55. The Morgan fingerprint density at radius 1 is 1.06 bits per heavy atom. The summed E-state index contributed by atoms with van der Waals surface area (Å²) in [7, 11) is 1.86. The molecule has 0 saturated carbocycles. The van der Waals surface area contributed by atoms with Crippen molar-refractivity contribution >= 4 is 10.8 Å². The Morgan fingerprint density at radius 2 is 1.91 bits per heavy atom. The van der Waals surface area contributed by atoms with E-state index in [1.54, 1.807) is 30.9 Å². The van der Waals surface area contributed by atoms with Crippen LogP contribution in [-0.4, -0.2) is 19.6 Å². The summed E-state index contributed by atoms with van der Waals surface area (Å²) < 4.78 is 7.91. The summed E-state index contributed by atoms with van der Waals surface area (Å²) in [6.45, 7) is 0.191. The van der Waals surface area contributed by atoms with Crippen LogP contribution in [0.3, 0.4) is 0 Å². The SMILES string of the molecule is Cn1cncc1C1(O)c2ccc(C#N)c(c2)COc2cccc(c2)-c2nccc3ccc1cc23. The first kappa shape index (κ1) is 20.2. The lowest BCUT2D eigenvalue weighted by molar-refractivity contribution is 0.117. The first-order chi connectivity index (χ1) is 16.6. The molecule has 0 radical (unpaired) electrons. The fraction of sp³-hybridized carbons (Fsp3) is 0.107. The normalized spacial score (nSPS) is 16.7. The lowest BCUT2D eigenvalue weighted by atomic mass is 9.81. The van der Waals surface area contributed by atoms with Crippen molar-refractivity contribution in [3.63, 3.8) is 0 Å². The molecule has 1 N–H and O–H groups in total. The number of fused-ring (bicyclic) bond motifs is 6. The fourth-order valence-corrected chi connectivity index (χ4v) is 4.73. The van der Waals surface area contributed by atoms with Crippen molar-refractivity contribution in [2.75, 3.05) is 0 Å². The summed E-state index contributed by atoms with van der Waals surface area (Å²) in [4.78, 5) is 8.95. The number of aryl methyl sites for hydroxylation is 1. The highest BCUT2D eigenvalue weighted by Gasteiger charge is 2.37. The number of nitrogens with zero attached hydrogens (tertiary/aromatic N) is 4. The third-order valence-electron chi connectivity index (χ3n) is 6.52. The van der Waals surface area contributed by atoms with Crippen LogP contribution >= 0.6 is 0 Å². The second-order valence-corrected chi connectivity index (χ2v) is 8.50. The lowest BCUT2D eigenvalue weighted by Gasteiger charge is -2.30. The minimum atomic E-state index is -1.51. The number of rotatable bonds is 1. The van der Waals surface area contributed by atoms with E-state index < -0.39 is 5.60 Å².